The predicted octanol–water partition coefficient (Wildman–Crippen LogP) is 3.04. The summed E-state index contributed by atoms with van der Waals surface area (Å²) >= 11 is 0. The number of amides is 1. The molecule has 0 radical (unpaired) electrons. The van der Waals surface area contributed by atoms with Crippen molar-refractivity contribution in [3.63, 3.8) is 0 Å². The summed E-state index contributed by atoms with van der Waals surface area (Å²) in [4.78, 5) is 23.1. The Balaban J connectivity index is 2.14. The summed E-state index contributed by atoms with van der Waals surface area (Å²) in [5, 5.41) is 14.0. The SMILES string of the molecule is CC(=O)N1CCC(Nc2ccc(C(F)(F)F)cc2[N+](=O)[O-])CC1. The number of likely N-dealkylation sites (tertiary alicyclic amines) is 1. The first-order chi connectivity index (χ1) is 10.7. The molecule has 1 aromatic rings. The molecule has 0 bridgehead atoms. The predicted molar refractivity (Wildman–Crippen MR) is 77.0 cm³/mol. The summed E-state index contributed by atoms with van der Waals surface area (Å²) in [6.07, 6.45) is -3.47. The summed E-state index contributed by atoms with van der Waals surface area (Å²) in [5.41, 5.74) is -1.60. The Hall–Kier alpha value is -2.32. The van der Waals surface area contributed by atoms with Gasteiger partial charge in [-0.2, -0.15) is 13.2 Å². The van der Waals surface area contributed by atoms with Crippen molar-refractivity contribution in [3.05, 3.63) is 33.9 Å². The van der Waals surface area contributed by atoms with Crippen LogP contribution in [0.2, 0.25) is 0 Å². The number of carbonyl (C=O) groups excluding carboxylic acids is 1. The van der Waals surface area contributed by atoms with E-state index in [1.165, 1.54) is 6.92 Å². The molecule has 1 heterocycles. The molecule has 6 nitrogen and oxygen atoms in total. The van der Waals surface area contributed by atoms with Crippen molar-refractivity contribution >= 4 is 17.3 Å². The van der Waals surface area contributed by atoms with E-state index < -0.39 is 22.4 Å². The van der Waals surface area contributed by atoms with Crippen molar-refractivity contribution in [1.29, 1.82) is 0 Å². The zero-order valence-electron chi connectivity index (χ0n) is 12.4. The first kappa shape index (κ1) is 17.0. The molecule has 1 N–H and O–H groups in total. The van der Waals surface area contributed by atoms with Gasteiger partial charge in [0.05, 0.1) is 10.5 Å². The Labute approximate surface area is 130 Å². The number of nitro groups is 1. The summed E-state index contributed by atoms with van der Waals surface area (Å²) in [6.45, 7) is 2.50. The molecule has 1 saturated heterocycles. The molecule has 23 heavy (non-hydrogen) atoms. The maximum atomic E-state index is 12.7. The van der Waals surface area contributed by atoms with E-state index in [-0.39, 0.29) is 17.6 Å². The Morgan fingerprint density at radius 1 is 1.35 bits per heavy atom. The maximum Gasteiger partial charge on any atom is 0.416 e. The van der Waals surface area contributed by atoms with Crippen molar-refractivity contribution in [2.75, 3.05) is 18.4 Å². The number of halogens is 3. The molecule has 1 aliphatic rings. The highest BCUT2D eigenvalue weighted by Gasteiger charge is 2.33. The van der Waals surface area contributed by atoms with E-state index in [1.807, 2.05) is 0 Å². The van der Waals surface area contributed by atoms with Gasteiger partial charge >= 0.3 is 6.18 Å². The molecule has 126 valence electrons. The zero-order chi connectivity index (χ0) is 17.2. The number of nitro benzene ring substituents is 1. The first-order valence-corrected chi connectivity index (χ1v) is 7.06. The summed E-state index contributed by atoms with van der Waals surface area (Å²) in [5.74, 6) is -0.0380. The van der Waals surface area contributed by atoms with Crippen LogP contribution >= 0.6 is 0 Å². The molecule has 1 amide bonds. The van der Waals surface area contributed by atoms with Crippen LogP contribution in [0.25, 0.3) is 0 Å². The Kier molecular flexibility index (Phi) is 4.76. The lowest BCUT2D eigenvalue weighted by molar-refractivity contribution is -0.384. The second-order valence-electron chi connectivity index (χ2n) is 5.41. The second kappa shape index (κ2) is 6.43. The van der Waals surface area contributed by atoms with Crippen LogP contribution in [-0.4, -0.2) is 34.9 Å². The van der Waals surface area contributed by atoms with Gasteiger partial charge in [-0.15, -0.1) is 0 Å². The molecule has 0 aliphatic carbocycles. The number of hydrogen-bond acceptors (Lipinski definition) is 4. The van der Waals surface area contributed by atoms with E-state index in [2.05, 4.69) is 5.32 Å². The van der Waals surface area contributed by atoms with E-state index in [0.717, 1.165) is 12.1 Å². The Bertz CT molecular complexity index is 611. The lowest BCUT2D eigenvalue weighted by Crippen LogP contribution is -2.41. The third-order valence-electron chi connectivity index (χ3n) is 3.82. The topological polar surface area (TPSA) is 75.5 Å². The molecule has 0 saturated carbocycles. The average molecular weight is 331 g/mol. The van der Waals surface area contributed by atoms with Crippen molar-refractivity contribution < 1.29 is 22.9 Å². The lowest BCUT2D eigenvalue weighted by atomic mass is 10.0. The van der Waals surface area contributed by atoms with Crippen molar-refractivity contribution in [3.8, 4) is 0 Å². The third kappa shape index (κ3) is 4.11. The van der Waals surface area contributed by atoms with Crippen LogP contribution in [0.1, 0.15) is 25.3 Å². The summed E-state index contributed by atoms with van der Waals surface area (Å²) in [6, 6.07) is 2.31. The van der Waals surface area contributed by atoms with Crippen LogP contribution in [0.4, 0.5) is 24.5 Å². The van der Waals surface area contributed by atoms with Crippen molar-refractivity contribution in [2.24, 2.45) is 0 Å². The van der Waals surface area contributed by atoms with E-state index in [1.54, 1.807) is 4.90 Å². The average Bonchev–Trinajstić information content (AvgIpc) is 2.46. The normalized spacial score (nSPS) is 16.3. The van der Waals surface area contributed by atoms with Crippen molar-refractivity contribution in [2.45, 2.75) is 32.0 Å². The van der Waals surface area contributed by atoms with Gasteiger partial charge in [0.15, 0.2) is 0 Å². The zero-order valence-corrected chi connectivity index (χ0v) is 12.4. The fourth-order valence-corrected chi connectivity index (χ4v) is 2.54. The molecule has 1 aliphatic heterocycles. The fraction of sp³-hybridized carbons (Fsp3) is 0.500. The molecule has 1 fully saturated rings. The van der Waals surface area contributed by atoms with Crippen LogP contribution in [0.15, 0.2) is 18.2 Å². The van der Waals surface area contributed by atoms with Gasteiger partial charge in [-0.3, -0.25) is 14.9 Å². The Morgan fingerprint density at radius 3 is 2.43 bits per heavy atom. The molecule has 0 unspecified atom stereocenters. The van der Waals surface area contributed by atoms with Crippen LogP contribution in [0.3, 0.4) is 0 Å². The highest BCUT2D eigenvalue weighted by molar-refractivity contribution is 5.73. The fourth-order valence-electron chi connectivity index (χ4n) is 2.54. The number of anilines is 1. The highest BCUT2D eigenvalue weighted by atomic mass is 19.4. The largest absolute Gasteiger partial charge is 0.416 e. The third-order valence-corrected chi connectivity index (χ3v) is 3.82. The molecule has 0 atom stereocenters. The second-order valence-corrected chi connectivity index (χ2v) is 5.41. The molecular formula is C14H16F3N3O3. The number of rotatable bonds is 3. The number of alkyl halides is 3. The molecule has 9 heteroatoms. The minimum atomic E-state index is -4.63. The number of benzene rings is 1. The van der Waals surface area contributed by atoms with Gasteiger partial charge in [0, 0.05) is 32.1 Å². The van der Waals surface area contributed by atoms with Gasteiger partial charge in [-0.25, -0.2) is 0 Å². The Morgan fingerprint density at radius 2 is 1.96 bits per heavy atom. The van der Waals surface area contributed by atoms with Gasteiger partial charge in [0.1, 0.15) is 5.69 Å². The molecule has 0 spiro atoms. The van der Waals surface area contributed by atoms with Gasteiger partial charge in [-0.1, -0.05) is 0 Å². The van der Waals surface area contributed by atoms with Crippen LogP contribution < -0.4 is 5.32 Å². The van der Waals surface area contributed by atoms with Crippen LogP contribution in [0.5, 0.6) is 0 Å². The van der Waals surface area contributed by atoms with Gasteiger partial charge < -0.3 is 10.2 Å². The smallest absolute Gasteiger partial charge is 0.377 e. The first-order valence-electron chi connectivity index (χ1n) is 7.06. The number of carbonyl (C=O) groups is 1. The summed E-state index contributed by atoms with van der Waals surface area (Å²) in [7, 11) is 0. The lowest BCUT2D eigenvalue weighted by Gasteiger charge is -2.32. The minimum absolute atomic E-state index is 0.0380. The van der Waals surface area contributed by atoms with E-state index in [9.17, 15) is 28.1 Å². The van der Waals surface area contributed by atoms with Gasteiger partial charge in [0.2, 0.25) is 5.91 Å². The standard InChI is InChI=1S/C14H16F3N3O3/c1-9(21)19-6-4-11(5-7-19)18-12-3-2-10(14(15,16)17)8-13(12)20(22)23/h2-3,8,11,18H,4-7H2,1H3. The van der Waals surface area contributed by atoms with Crippen molar-refractivity contribution in [1.82, 2.24) is 4.90 Å². The van der Waals surface area contributed by atoms with E-state index in [4.69, 9.17) is 0 Å². The van der Waals surface area contributed by atoms with Gasteiger partial charge in [0.25, 0.3) is 5.69 Å². The van der Waals surface area contributed by atoms with Crippen LogP contribution in [-0.2, 0) is 11.0 Å². The van der Waals surface area contributed by atoms with E-state index >= 15 is 0 Å². The van der Waals surface area contributed by atoms with Crippen LogP contribution in [0, 0.1) is 10.1 Å². The minimum Gasteiger partial charge on any atom is -0.377 e. The molecule has 1 aromatic carbocycles. The molecular weight excluding hydrogens is 315 g/mol. The number of hydrogen-bond donors (Lipinski definition) is 1. The molecule has 0 aromatic heterocycles. The number of piperidine rings is 1. The number of nitrogens with zero attached hydrogens (tertiary/aromatic N) is 2. The highest BCUT2D eigenvalue weighted by Crippen LogP contribution is 2.35. The summed E-state index contributed by atoms with van der Waals surface area (Å²) < 4.78 is 38.0. The monoisotopic (exact) mass is 331 g/mol. The molecule has 2 rings (SSSR count). The van der Waals surface area contributed by atoms with Gasteiger partial charge in [-0.05, 0) is 25.0 Å². The number of nitrogens with one attached hydrogen (secondary N) is 1. The quantitative estimate of drug-likeness (QED) is 0.682. The van der Waals surface area contributed by atoms with E-state index in [0.29, 0.717) is 32.0 Å². The maximum absolute atomic E-state index is 12.7.